The van der Waals surface area contributed by atoms with E-state index in [0.29, 0.717) is 23.0 Å². The average molecular weight is 631 g/mol. The van der Waals surface area contributed by atoms with Crippen molar-refractivity contribution in [2.75, 3.05) is 0 Å². The summed E-state index contributed by atoms with van der Waals surface area (Å²) in [6, 6.07) is 8.28. The Balaban J connectivity index is 1.49. The molecule has 0 heterocycles. The molecule has 0 amide bonds. The van der Waals surface area contributed by atoms with Gasteiger partial charge in [-0.25, -0.2) is 17.6 Å². The Bertz CT molecular complexity index is 1030. The van der Waals surface area contributed by atoms with Gasteiger partial charge in [-0.15, -0.1) is 0 Å². The standard InChI is InChI=1S/C40H58F4O/c1-3-5-7-9-11-13-29-15-19-31(20-16-29)39(33-23-25-35(41)37(43)27-33)45-40(34-24-26-36(42)38(44)28-34)32-21-17-30(18-22-32)14-12-10-8-6-4-2/h23-32,39-40H,3-22H2,1-2H3. The Hall–Kier alpha value is -1.88. The second-order valence-corrected chi connectivity index (χ2v) is 14.3. The number of rotatable bonds is 18. The van der Waals surface area contributed by atoms with Crippen molar-refractivity contribution in [2.24, 2.45) is 23.7 Å². The van der Waals surface area contributed by atoms with Crippen LogP contribution in [0.2, 0.25) is 0 Å². The normalized spacial score (nSPS) is 23.6. The van der Waals surface area contributed by atoms with E-state index in [-0.39, 0.29) is 11.8 Å². The van der Waals surface area contributed by atoms with Crippen LogP contribution in [-0.4, -0.2) is 0 Å². The number of benzene rings is 2. The van der Waals surface area contributed by atoms with E-state index in [1.54, 1.807) is 12.1 Å². The van der Waals surface area contributed by atoms with Crippen molar-refractivity contribution in [2.45, 2.75) is 154 Å². The molecule has 2 aliphatic carbocycles. The summed E-state index contributed by atoms with van der Waals surface area (Å²) in [5.74, 6) is -1.74. The zero-order valence-corrected chi connectivity index (χ0v) is 28.0. The monoisotopic (exact) mass is 630 g/mol. The quantitative estimate of drug-likeness (QED) is 0.118. The Labute approximate surface area is 270 Å². The van der Waals surface area contributed by atoms with E-state index in [9.17, 15) is 17.6 Å². The van der Waals surface area contributed by atoms with Gasteiger partial charge in [-0.3, -0.25) is 0 Å². The first-order valence-corrected chi connectivity index (χ1v) is 18.4. The number of ether oxygens (including phenoxy) is 1. The summed E-state index contributed by atoms with van der Waals surface area (Å²) in [5.41, 5.74) is 1.29. The van der Waals surface area contributed by atoms with Crippen LogP contribution in [0.15, 0.2) is 36.4 Å². The highest BCUT2D eigenvalue weighted by Gasteiger charge is 2.36. The van der Waals surface area contributed by atoms with Crippen LogP contribution in [0.1, 0.15) is 166 Å². The first-order valence-electron chi connectivity index (χ1n) is 18.4. The third-order valence-corrected chi connectivity index (χ3v) is 10.9. The lowest BCUT2D eigenvalue weighted by molar-refractivity contribution is -0.0910. The minimum Gasteiger partial charge on any atom is -0.365 e. The van der Waals surface area contributed by atoms with Gasteiger partial charge in [-0.2, -0.15) is 0 Å². The highest BCUT2D eigenvalue weighted by atomic mass is 19.2. The smallest absolute Gasteiger partial charge is 0.159 e. The van der Waals surface area contributed by atoms with Gasteiger partial charge in [0.2, 0.25) is 0 Å². The minimum absolute atomic E-state index is 0.165. The van der Waals surface area contributed by atoms with Crippen molar-refractivity contribution in [1.29, 1.82) is 0 Å². The van der Waals surface area contributed by atoms with Gasteiger partial charge in [0.15, 0.2) is 23.3 Å². The summed E-state index contributed by atoms with van der Waals surface area (Å²) in [6.45, 7) is 4.48. The van der Waals surface area contributed by atoms with E-state index >= 15 is 0 Å². The molecular formula is C40H58F4O. The average Bonchev–Trinajstić information content (AvgIpc) is 3.05. The predicted octanol–water partition coefficient (Wildman–Crippen LogP) is 13.4. The molecule has 2 aromatic rings. The first kappa shape index (κ1) is 36.0. The Morgan fingerprint density at radius 2 is 0.889 bits per heavy atom. The molecule has 4 rings (SSSR count). The lowest BCUT2D eigenvalue weighted by Gasteiger charge is -2.40. The highest BCUT2D eigenvalue weighted by Crippen LogP contribution is 2.47. The Morgan fingerprint density at radius 1 is 0.511 bits per heavy atom. The van der Waals surface area contributed by atoms with Gasteiger partial charge < -0.3 is 4.74 Å². The van der Waals surface area contributed by atoms with E-state index in [1.165, 1.54) is 101 Å². The third kappa shape index (κ3) is 11.1. The second-order valence-electron chi connectivity index (χ2n) is 14.3. The van der Waals surface area contributed by atoms with E-state index in [2.05, 4.69) is 13.8 Å². The maximum absolute atomic E-state index is 14.6. The summed E-state index contributed by atoms with van der Waals surface area (Å²) in [5, 5.41) is 0. The first-order chi connectivity index (χ1) is 21.9. The molecule has 5 heteroatoms. The predicted molar refractivity (Wildman–Crippen MR) is 177 cm³/mol. The van der Waals surface area contributed by atoms with Gasteiger partial charge in [0.25, 0.3) is 0 Å². The molecule has 0 radical (unpaired) electrons. The molecule has 45 heavy (non-hydrogen) atoms. The molecule has 0 spiro atoms. The fraction of sp³-hybridized carbons (Fsp3) is 0.700. The number of halogens is 4. The SMILES string of the molecule is CCCCCCCC1CCC(C(OC(c2ccc(F)c(F)c2)C2CCC(CCCCCCC)CC2)c2ccc(F)c(F)c2)CC1. The number of hydrogen-bond acceptors (Lipinski definition) is 1. The summed E-state index contributed by atoms with van der Waals surface area (Å²) < 4.78 is 64.3. The van der Waals surface area contributed by atoms with Crippen LogP contribution < -0.4 is 0 Å². The largest absolute Gasteiger partial charge is 0.365 e. The Kier molecular flexibility index (Phi) is 15.2. The van der Waals surface area contributed by atoms with Crippen LogP contribution in [0.3, 0.4) is 0 Å². The van der Waals surface area contributed by atoms with Crippen LogP contribution in [0.5, 0.6) is 0 Å². The summed E-state index contributed by atoms with van der Waals surface area (Å²) >= 11 is 0. The molecule has 2 aliphatic rings. The lowest BCUT2D eigenvalue weighted by Crippen LogP contribution is -2.28. The van der Waals surface area contributed by atoms with Gasteiger partial charge in [0.05, 0.1) is 12.2 Å². The van der Waals surface area contributed by atoms with Crippen LogP contribution in [0.25, 0.3) is 0 Å². The van der Waals surface area contributed by atoms with Crippen molar-refractivity contribution in [3.8, 4) is 0 Å². The zero-order valence-electron chi connectivity index (χ0n) is 28.0. The van der Waals surface area contributed by atoms with Crippen LogP contribution in [0.4, 0.5) is 17.6 Å². The van der Waals surface area contributed by atoms with Crippen molar-refractivity contribution in [3.05, 3.63) is 70.8 Å². The highest BCUT2D eigenvalue weighted by molar-refractivity contribution is 5.24. The Morgan fingerprint density at radius 3 is 1.24 bits per heavy atom. The molecule has 0 bridgehead atoms. The lowest BCUT2D eigenvalue weighted by atomic mass is 9.74. The zero-order chi connectivity index (χ0) is 32.0. The van der Waals surface area contributed by atoms with Crippen LogP contribution >= 0.6 is 0 Å². The molecule has 0 saturated heterocycles. The van der Waals surface area contributed by atoms with Gasteiger partial charge in [0.1, 0.15) is 0 Å². The van der Waals surface area contributed by atoms with E-state index in [0.717, 1.165) is 51.4 Å². The third-order valence-electron chi connectivity index (χ3n) is 10.9. The van der Waals surface area contributed by atoms with Gasteiger partial charge in [-0.1, -0.05) is 129 Å². The van der Waals surface area contributed by atoms with Crippen LogP contribution in [-0.2, 0) is 4.74 Å². The minimum atomic E-state index is -0.870. The maximum Gasteiger partial charge on any atom is 0.159 e. The van der Waals surface area contributed by atoms with Gasteiger partial charge >= 0.3 is 0 Å². The molecule has 1 nitrogen and oxygen atoms in total. The fourth-order valence-electron chi connectivity index (χ4n) is 8.09. The van der Waals surface area contributed by atoms with Crippen LogP contribution in [0, 0.1) is 46.9 Å². The molecule has 2 saturated carbocycles. The topological polar surface area (TPSA) is 9.23 Å². The summed E-state index contributed by atoms with van der Waals surface area (Å²) in [4.78, 5) is 0. The van der Waals surface area contributed by atoms with Crippen molar-refractivity contribution in [3.63, 3.8) is 0 Å². The molecule has 2 unspecified atom stereocenters. The molecular weight excluding hydrogens is 572 g/mol. The van der Waals surface area contributed by atoms with E-state index in [1.807, 2.05) is 0 Å². The van der Waals surface area contributed by atoms with Crippen molar-refractivity contribution in [1.82, 2.24) is 0 Å². The van der Waals surface area contributed by atoms with Gasteiger partial charge in [0, 0.05) is 0 Å². The van der Waals surface area contributed by atoms with E-state index in [4.69, 9.17) is 4.74 Å². The second kappa shape index (κ2) is 19.1. The molecule has 0 N–H and O–H groups in total. The molecule has 2 atom stereocenters. The van der Waals surface area contributed by atoms with E-state index < -0.39 is 35.5 Å². The number of hydrogen-bond donors (Lipinski definition) is 0. The molecule has 2 fully saturated rings. The summed E-state index contributed by atoms with van der Waals surface area (Å²) in [6.07, 6.45) is 22.9. The molecule has 252 valence electrons. The maximum atomic E-state index is 14.6. The fourth-order valence-corrected chi connectivity index (χ4v) is 8.09. The molecule has 0 aliphatic heterocycles. The summed E-state index contributed by atoms with van der Waals surface area (Å²) in [7, 11) is 0. The van der Waals surface area contributed by atoms with Gasteiger partial charge in [-0.05, 0) is 84.7 Å². The van der Waals surface area contributed by atoms with Crippen molar-refractivity contribution < 1.29 is 22.3 Å². The molecule has 0 aromatic heterocycles. The van der Waals surface area contributed by atoms with Crippen molar-refractivity contribution >= 4 is 0 Å². The number of unbranched alkanes of at least 4 members (excludes halogenated alkanes) is 8. The molecule has 2 aromatic carbocycles.